The van der Waals surface area contributed by atoms with Crippen molar-refractivity contribution in [2.45, 2.75) is 51.1 Å². The van der Waals surface area contributed by atoms with E-state index < -0.39 is 0 Å². The first kappa shape index (κ1) is 26.0. The highest BCUT2D eigenvalue weighted by atomic mass is 127. The molecule has 1 amide bonds. The van der Waals surface area contributed by atoms with Crippen molar-refractivity contribution in [1.29, 1.82) is 0 Å². The summed E-state index contributed by atoms with van der Waals surface area (Å²) < 4.78 is 5.58. The van der Waals surface area contributed by atoms with Gasteiger partial charge >= 0.3 is 0 Å². The van der Waals surface area contributed by atoms with Crippen molar-refractivity contribution >= 4 is 35.8 Å². The van der Waals surface area contributed by atoms with Crippen molar-refractivity contribution in [3.8, 4) is 5.75 Å². The highest BCUT2D eigenvalue weighted by molar-refractivity contribution is 14.0. The molecule has 3 N–H and O–H groups in total. The minimum Gasteiger partial charge on any atom is -0.484 e. The fourth-order valence-corrected chi connectivity index (χ4v) is 4.01. The van der Waals surface area contributed by atoms with Gasteiger partial charge in [-0.25, -0.2) is 0 Å². The number of nitrogens with zero attached hydrogens (tertiary/aromatic N) is 1. The number of likely N-dealkylation sites (N-methyl/N-ethyl adjacent to an activating group) is 1. The molecule has 6 nitrogen and oxygen atoms in total. The summed E-state index contributed by atoms with van der Waals surface area (Å²) in [4.78, 5) is 16.0. The Kier molecular flexibility index (Phi) is 11.3. The van der Waals surface area contributed by atoms with Gasteiger partial charge in [0, 0.05) is 26.2 Å². The predicted molar refractivity (Wildman–Crippen MR) is 141 cm³/mol. The number of carbonyl (C=O) groups is 1. The number of hydrogen-bond donors (Lipinski definition) is 3. The number of amides is 1. The maximum atomic E-state index is 11.6. The summed E-state index contributed by atoms with van der Waals surface area (Å²) in [5.74, 6) is 2.05. The SMILES string of the molecule is CCNC(=O)COc1cccc(CNC(=NC)NC2CCC(c3ccccc3)CC2)c1.I. The zero-order chi connectivity index (χ0) is 21.9. The second-order valence-corrected chi connectivity index (χ2v) is 7.92. The van der Waals surface area contributed by atoms with Gasteiger partial charge in [-0.2, -0.15) is 0 Å². The second-order valence-electron chi connectivity index (χ2n) is 7.92. The van der Waals surface area contributed by atoms with E-state index >= 15 is 0 Å². The van der Waals surface area contributed by atoms with E-state index in [2.05, 4.69) is 51.3 Å². The Morgan fingerprint density at radius 2 is 1.78 bits per heavy atom. The van der Waals surface area contributed by atoms with Crippen LogP contribution in [0.4, 0.5) is 0 Å². The van der Waals surface area contributed by atoms with E-state index in [9.17, 15) is 4.79 Å². The van der Waals surface area contributed by atoms with Crippen LogP contribution in [0.2, 0.25) is 0 Å². The smallest absolute Gasteiger partial charge is 0.257 e. The highest BCUT2D eigenvalue weighted by Gasteiger charge is 2.22. The number of aliphatic imine (C=N–C) groups is 1. The van der Waals surface area contributed by atoms with Gasteiger partial charge in [-0.3, -0.25) is 9.79 Å². The molecule has 0 atom stereocenters. The molecule has 3 rings (SSSR count). The Morgan fingerprint density at radius 3 is 2.47 bits per heavy atom. The van der Waals surface area contributed by atoms with Crippen LogP contribution in [-0.4, -0.2) is 38.1 Å². The highest BCUT2D eigenvalue weighted by Crippen LogP contribution is 2.32. The third-order valence-corrected chi connectivity index (χ3v) is 5.66. The molecule has 0 spiro atoms. The lowest BCUT2D eigenvalue weighted by Crippen LogP contribution is -2.44. The molecule has 1 saturated carbocycles. The first-order chi connectivity index (χ1) is 15.2. The lowest BCUT2D eigenvalue weighted by Gasteiger charge is -2.30. The van der Waals surface area contributed by atoms with Crippen LogP contribution < -0.4 is 20.7 Å². The maximum absolute atomic E-state index is 11.6. The number of hydrogen-bond acceptors (Lipinski definition) is 3. The Labute approximate surface area is 208 Å². The fraction of sp³-hybridized carbons (Fsp3) is 0.440. The van der Waals surface area contributed by atoms with Gasteiger partial charge in [0.2, 0.25) is 0 Å². The average Bonchev–Trinajstić information content (AvgIpc) is 2.82. The molecule has 0 aromatic heterocycles. The maximum Gasteiger partial charge on any atom is 0.257 e. The van der Waals surface area contributed by atoms with Crippen LogP contribution in [0, 0.1) is 0 Å². The van der Waals surface area contributed by atoms with Crippen LogP contribution >= 0.6 is 24.0 Å². The largest absolute Gasteiger partial charge is 0.484 e. The van der Waals surface area contributed by atoms with E-state index in [-0.39, 0.29) is 36.5 Å². The molecule has 174 valence electrons. The summed E-state index contributed by atoms with van der Waals surface area (Å²) in [5.41, 5.74) is 2.53. The molecule has 0 saturated heterocycles. The van der Waals surface area contributed by atoms with E-state index in [0.717, 1.165) is 24.4 Å². The molecule has 2 aromatic carbocycles. The van der Waals surface area contributed by atoms with Crippen molar-refractivity contribution in [2.24, 2.45) is 4.99 Å². The van der Waals surface area contributed by atoms with Crippen LogP contribution in [0.1, 0.15) is 49.7 Å². The molecule has 1 fully saturated rings. The topological polar surface area (TPSA) is 74.8 Å². The molecule has 0 aliphatic heterocycles. The van der Waals surface area contributed by atoms with Crippen LogP contribution in [0.25, 0.3) is 0 Å². The monoisotopic (exact) mass is 550 g/mol. The standard InChI is InChI=1S/C25H34N4O2.HI/c1-3-27-24(30)18-31-23-11-7-8-19(16-23)17-28-25(26-2)29-22-14-12-21(13-15-22)20-9-5-4-6-10-20;/h4-11,16,21-22H,3,12-15,17-18H2,1-2H3,(H,27,30)(H2,26,28,29);1H. The summed E-state index contributed by atoms with van der Waals surface area (Å²) in [6.07, 6.45) is 4.68. The van der Waals surface area contributed by atoms with Crippen molar-refractivity contribution in [2.75, 3.05) is 20.2 Å². The van der Waals surface area contributed by atoms with Gasteiger partial charge in [0.05, 0.1) is 0 Å². The molecule has 0 heterocycles. The molecule has 0 bridgehead atoms. The quantitative estimate of drug-likeness (QED) is 0.262. The van der Waals surface area contributed by atoms with Crippen LogP contribution in [0.5, 0.6) is 5.75 Å². The van der Waals surface area contributed by atoms with Crippen LogP contribution in [0.15, 0.2) is 59.6 Å². The average molecular weight is 550 g/mol. The van der Waals surface area contributed by atoms with Crippen LogP contribution in [0.3, 0.4) is 0 Å². The first-order valence-electron chi connectivity index (χ1n) is 11.2. The van der Waals surface area contributed by atoms with Crippen molar-refractivity contribution in [1.82, 2.24) is 16.0 Å². The minimum absolute atomic E-state index is 0. The number of halogens is 1. The number of carbonyl (C=O) groups excluding carboxylic acids is 1. The Bertz CT molecular complexity index is 852. The second kappa shape index (κ2) is 14.0. The van der Waals surface area contributed by atoms with Gasteiger partial charge in [-0.1, -0.05) is 42.5 Å². The zero-order valence-electron chi connectivity index (χ0n) is 19.0. The molecule has 1 aliphatic rings. The minimum atomic E-state index is -0.113. The van der Waals surface area contributed by atoms with Crippen molar-refractivity contribution < 1.29 is 9.53 Å². The van der Waals surface area contributed by atoms with Gasteiger partial charge in [0.15, 0.2) is 12.6 Å². The number of benzene rings is 2. The molecular weight excluding hydrogens is 515 g/mol. The van der Waals surface area contributed by atoms with Gasteiger partial charge in [0.1, 0.15) is 5.75 Å². The molecule has 7 heteroatoms. The number of rotatable bonds is 8. The van der Waals surface area contributed by atoms with E-state index in [1.807, 2.05) is 31.2 Å². The molecular formula is C25H35IN4O2. The van der Waals surface area contributed by atoms with E-state index in [0.29, 0.717) is 30.8 Å². The molecule has 1 aliphatic carbocycles. The number of nitrogens with one attached hydrogen (secondary N) is 3. The van der Waals surface area contributed by atoms with Gasteiger partial charge in [-0.05, 0) is 61.8 Å². The predicted octanol–water partition coefficient (Wildman–Crippen LogP) is 4.21. The Morgan fingerprint density at radius 1 is 1.03 bits per heavy atom. The summed E-state index contributed by atoms with van der Waals surface area (Å²) in [5, 5.41) is 9.69. The molecule has 2 aromatic rings. The summed E-state index contributed by atoms with van der Waals surface area (Å²) in [6.45, 7) is 3.16. The molecule has 0 unspecified atom stereocenters. The molecule has 32 heavy (non-hydrogen) atoms. The van der Waals surface area contributed by atoms with Gasteiger partial charge in [0.25, 0.3) is 5.91 Å². The zero-order valence-corrected chi connectivity index (χ0v) is 21.3. The van der Waals surface area contributed by atoms with E-state index in [1.54, 1.807) is 7.05 Å². The Hall–Kier alpha value is -2.29. The van der Waals surface area contributed by atoms with Gasteiger partial charge in [-0.15, -0.1) is 24.0 Å². The normalized spacial score (nSPS) is 18.2. The summed E-state index contributed by atoms with van der Waals surface area (Å²) in [7, 11) is 1.80. The fourth-order valence-electron chi connectivity index (χ4n) is 4.01. The summed E-state index contributed by atoms with van der Waals surface area (Å²) >= 11 is 0. The lowest BCUT2D eigenvalue weighted by atomic mass is 9.82. The van der Waals surface area contributed by atoms with Gasteiger partial charge < -0.3 is 20.7 Å². The van der Waals surface area contributed by atoms with E-state index in [4.69, 9.17) is 4.74 Å². The van der Waals surface area contributed by atoms with Crippen molar-refractivity contribution in [3.63, 3.8) is 0 Å². The third kappa shape index (κ3) is 8.33. The first-order valence-corrected chi connectivity index (χ1v) is 11.2. The molecule has 0 radical (unpaired) electrons. The number of ether oxygens (including phenoxy) is 1. The van der Waals surface area contributed by atoms with E-state index in [1.165, 1.54) is 18.4 Å². The Balaban J connectivity index is 0.00000363. The summed E-state index contributed by atoms with van der Waals surface area (Å²) in [6, 6.07) is 19.0. The lowest BCUT2D eigenvalue weighted by molar-refractivity contribution is -0.122. The third-order valence-electron chi connectivity index (χ3n) is 5.66. The van der Waals surface area contributed by atoms with Crippen molar-refractivity contribution in [3.05, 3.63) is 65.7 Å². The number of guanidine groups is 1. The van der Waals surface area contributed by atoms with Crippen LogP contribution in [-0.2, 0) is 11.3 Å².